The number of amides is 1. The summed E-state index contributed by atoms with van der Waals surface area (Å²) in [7, 11) is 0. The summed E-state index contributed by atoms with van der Waals surface area (Å²) in [5.74, 6) is 0.875. The van der Waals surface area contributed by atoms with Gasteiger partial charge in [-0.15, -0.1) is 0 Å². The number of furan rings is 1. The van der Waals surface area contributed by atoms with E-state index in [0.717, 1.165) is 35.7 Å². The number of carbonyl (C=O) groups excluding carboxylic acids is 1. The first-order valence-corrected chi connectivity index (χ1v) is 14.6. The van der Waals surface area contributed by atoms with Gasteiger partial charge in [0.25, 0.3) is 5.91 Å². The molecule has 1 aliphatic carbocycles. The summed E-state index contributed by atoms with van der Waals surface area (Å²) in [6, 6.07) is 11.2. The van der Waals surface area contributed by atoms with Gasteiger partial charge in [0.1, 0.15) is 23.9 Å². The topological polar surface area (TPSA) is 179 Å². The number of ether oxygens (including phenoxy) is 1. The van der Waals surface area contributed by atoms with E-state index in [1.165, 1.54) is 18.8 Å². The molecule has 222 valence electrons. The number of aromatic amines is 1. The number of fused-ring (bicyclic) bond motifs is 2. The summed E-state index contributed by atoms with van der Waals surface area (Å²) in [5, 5.41) is 7.73. The molecule has 8 N–H and O–H groups in total. The summed E-state index contributed by atoms with van der Waals surface area (Å²) in [5.41, 5.74) is 13.4. The van der Waals surface area contributed by atoms with Crippen molar-refractivity contribution in [2.24, 2.45) is 5.73 Å². The van der Waals surface area contributed by atoms with Gasteiger partial charge in [0.2, 0.25) is 11.0 Å². The molecule has 1 aromatic carbocycles. The normalized spacial score (nSPS) is 19.1. The smallest absolute Gasteiger partial charge is 0.252 e. The third-order valence-electron chi connectivity index (χ3n) is 8.37. The van der Waals surface area contributed by atoms with Crippen LogP contribution in [-0.4, -0.2) is 54.3 Å². The van der Waals surface area contributed by atoms with E-state index in [-0.39, 0.29) is 28.7 Å². The maximum atomic E-state index is 13.0. The summed E-state index contributed by atoms with van der Waals surface area (Å²) in [6.07, 6.45) is 7.79. The number of anilines is 4. The summed E-state index contributed by atoms with van der Waals surface area (Å²) in [6.45, 7) is 2.37. The highest BCUT2D eigenvalue weighted by Gasteiger charge is 2.26. The maximum absolute atomic E-state index is 13.0. The second kappa shape index (κ2) is 11.1. The summed E-state index contributed by atoms with van der Waals surface area (Å²) >= 11 is 0. The molecule has 2 fully saturated rings. The fraction of sp³-hybridized carbons (Fsp3) is 0.323. The van der Waals surface area contributed by atoms with Crippen LogP contribution in [0.5, 0.6) is 0 Å². The number of morpholine rings is 1. The van der Waals surface area contributed by atoms with Crippen LogP contribution in [0.4, 0.5) is 23.2 Å². The molecule has 0 radical (unpaired) electrons. The van der Waals surface area contributed by atoms with Crippen LogP contribution in [0.3, 0.4) is 0 Å². The van der Waals surface area contributed by atoms with Gasteiger partial charge >= 0.3 is 0 Å². The molecule has 12 nitrogen and oxygen atoms in total. The summed E-state index contributed by atoms with van der Waals surface area (Å²) < 4.78 is 17.5. The molecule has 0 unspecified atom stereocenters. The van der Waals surface area contributed by atoms with Crippen LogP contribution in [0.25, 0.3) is 33.2 Å². The fourth-order valence-electron chi connectivity index (χ4n) is 6.07. The van der Waals surface area contributed by atoms with E-state index < -0.39 is 5.91 Å². The molecule has 1 aliphatic heterocycles. The van der Waals surface area contributed by atoms with Crippen LogP contribution in [0.2, 0.25) is 0 Å². The van der Waals surface area contributed by atoms with Gasteiger partial charge in [0.05, 0.1) is 42.0 Å². The van der Waals surface area contributed by atoms with Gasteiger partial charge in [-0.3, -0.25) is 9.59 Å². The third kappa shape index (κ3) is 5.19. The molecular weight excluding hydrogens is 550 g/mol. The molecule has 2 atom stereocenters. The lowest BCUT2D eigenvalue weighted by atomic mass is 9.91. The molecule has 12 heteroatoms. The Morgan fingerprint density at radius 2 is 1.91 bits per heavy atom. The number of primary amides is 1. The Hall–Kier alpha value is -4.81. The number of nitrogens with zero attached hydrogens (tertiary/aromatic N) is 2. The number of hydrogen-bond donors (Lipinski definition) is 5. The number of carbonyl (C=O) groups is 1. The number of pyridine rings is 1. The second-order valence-electron chi connectivity index (χ2n) is 11.2. The van der Waals surface area contributed by atoms with E-state index in [4.69, 9.17) is 24.3 Å². The standard InChI is InChI=1S/C31H33N7O5/c32-22-3-1-2-4-23(22)36-25-6-5-19(30(33)40)31(37-25)35-18-13-17-7-8-34-27(17)20(14-18)21-16-42-29-24(39)15-26(43-28(21)29)38-9-11-41-12-10-38/h5-8,13-16,22-23,34H,1-4,9-12,32H2,(H2,33,40)(H2,35,36,37)/p+1/t22-,23+/m1/s1. The number of rotatable bonds is 7. The first kappa shape index (κ1) is 27.0. The number of nitrogens with one attached hydrogen (secondary N) is 3. The molecule has 1 saturated carbocycles. The average molecular weight is 585 g/mol. The van der Waals surface area contributed by atoms with Crippen molar-refractivity contribution in [3.63, 3.8) is 0 Å². The van der Waals surface area contributed by atoms with Gasteiger partial charge in [-0.2, -0.15) is 0 Å². The first-order chi connectivity index (χ1) is 20.9. The SMILES string of the molecule is NC(=O)c1ccc(N[C@H]2CCCC[C@H]2[NH3+])nc1Nc1cc(-c2coc3c(=O)cc(N4CCOCC4)oc23)c2[nH]ccc2c1. The van der Waals surface area contributed by atoms with Crippen molar-refractivity contribution in [1.29, 1.82) is 0 Å². The van der Waals surface area contributed by atoms with Crippen molar-refractivity contribution < 1.29 is 24.1 Å². The monoisotopic (exact) mass is 584 g/mol. The number of H-pyrrole nitrogens is 1. The molecular formula is C31H34N7O5+. The highest BCUT2D eigenvalue weighted by molar-refractivity contribution is 6.04. The quantitative estimate of drug-likeness (QED) is 0.191. The van der Waals surface area contributed by atoms with Gasteiger partial charge in [-0.05, 0) is 43.2 Å². The fourth-order valence-corrected chi connectivity index (χ4v) is 6.07. The van der Waals surface area contributed by atoms with E-state index in [0.29, 0.717) is 60.7 Å². The maximum Gasteiger partial charge on any atom is 0.252 e. The van der Waals surface area contributed by atoms with E-state index in [9.17, 15) is 9.59 Å². The highest BCUT2D eigenvalue weighted by Crippen LogP contribution is 2.38. The van der Waals surface area contributed by atoms with Crippen LogP contribution >= 0.6 is 0 Å². The minimum atomic E-state index is -0.588. The second-order valence-corrected chi connectivity index (χ2v) is 11.2. The van der Waals surface area contributed by atoms with E-state index in [2.05, 4.69) is 21.4 Å². The Kier molecular flexibility index (Phi) is 6.99. The van der Waals surface area contributed by atoms with Crippen molar-refractivity contribution in [2.45, 2.75) is 37.8 Å². The Labute approximate surface area is 246 Å². The lowest BCUT2D eigenvalue weighted by molar-refractivity contribution is -0.427. The first-order valence-electron chi connectivity index (χ1n) is 14.6. The Morgan fingerprint density at radius 1 is 1.07 bits per heavy atom. The van der Waals surface area contributed by atoms with Crippen molar-refractivity contribution in [2.75, 3.05) is 41.8 Å². The Morgan fingerprint density at radius 3 is 2.72 bits per heavy atom. The van der Waals surface area contributed by atoms with Crippen LogP contribution in [0, 0.1) is 0 Å². The van der Waals surface area contributed by atoms with Crippen molar-refractivity contribution in [3.8, 4) is 11.1 Å². The minimum Gasteiger partial charge on any atom is -0.456 e. The van der Waals surface area contributed by atoms with Gasteiger partial charge in [0, 0.05) is 42.3 Å². The zero-order valence-electron chi connectivity index (χ0n) is 23.7. The van der Waals surface area contributed by atoms with E-state index in [1.54, 1.807) is 12.1 Å². The number of nitrogens with two attached hydrogens (primary N) is 1. The predicted octanol–water partition coefficient (Wildman–Crippen LogP) is 3.57. The van der Waals surface area contributed by atoms with Crippen LogP contribution in [-0.2, 0) is 4.74 Å². The van der Waals surface area contributed by atoms with Crippen LogP contribution in [0.1, 0.15) is 36.0 Å². The lowest BCUT2D eigenvalue weighted by Crippen LogP contribution is -2.68. The van der Waals surface area contributed by atoms with Gasteiger partial charge in [-0.1, -0.05) is 6.42 Å². The average Bonchev–Trinajstić information content (AvgIpc) is 3.66. The lowest BCUT2D eigenvalue weighted by Gasteiger charge is -2.27. The molecule has 2 aliphatic rings. The van der Waals surface area contributed by atoms with Crippen molar-refractivity contribution in [1.82, 2.24) is 9.97 Å². The number of benzene rings is 1. The molecule has 43 heavy (non-hydrogen) atoms. The molecule has 1 saturated heterocycles. The zero-order valence-corrected chi connectivity index (χ0v) is 23.7. The molecule has 0 spiro atoms. The highest BCUT2D eigenvalue weighted by atomic mass is 16.5. The number of hydrogen-bond acceptors (Lipinski definition) is 9. The number of quaternary nitrogens is 1. The Bertz CT molecular complexity index is 1870. The molecule has 4 aromatic heterocycles. The molecule has 5 heterocycles. The van der Waals surface area contributed by atoms with Crippen LogP contribution < -0.4 is 32.4 Å². The predicted molar refractivity (Wildman–Crippen MR) is 164 cm³/mol. The molecule has 0 bridgehead atoms. The van der Waals surface area contributed by atoms with E-state index >= 15 is 0 Å². The van der Waals surface area contributed by atoms with Crippen LogP contribution in [0.15, 0.2) is 62.5 Å². The third-order valence-corrected chi connectivity index (χ3v) is 8.37. The van der Waals surface area contributed by atoms with Crippen molar-refractivity contribution in [3.05, 3.63) is 64.6 Å². The van der Waals surface area contributed by atoms with Gasteiger partial charge in [0.15, 0.2) is 11.5 Å². The number of aromatic nitrogens is 2. The molecule has 1 amide bonds. The largest absolute Gasteiger partial charge is 0.456 e. The zero-order chi connectivity index (χ0) is 29.5. The van der Waals surface area contributed by atoms with Gasteiger partial charge in [-0.25, -0.2) is 4.98 Å². The summed E-state index contributed by atoms with van der Waals surface area (Å²) in [4.78, 5) is 35.4. The van der Waals surface area contributed by atoms with Crippen molar-refractivity contribution >= 4 is 51.2 Å². The molecule has 5 aromatic rings. The van der Waals surface area contributed by atoms with Gasteiger partial charge < -0.3 is 45.6 Å². The Balaban J connectivity index is 1.28. The van der Waals surface area contributed by atoms with E-state index in [1.807, 2.05) is 29.3 Å². The molecule has 7 rings (SSSR count). The minimum absolute atomic E-state index is 0.146.